The van der Waals surface area contributed by atoms with Crippen molar-refractivity contribution in [2.75, 3.05) is 18.1 Å². The standard InChI is InChI=1S/C10H15N3O2S/c11-4-1-9-2-5-12-10(13-9)8-3-6-16(14,15)7-8/h2,5,8H,1,3-4,6-7,11H2. The Hall–Kier alpha value is -1.01. The minimum absolute atomic E-state index is 0.0391. The topological polar surface area (TPSA) is 85.9 Å². The van der Waals surface area contributed by atoms with Gasteiger partial charge in [-0.1, -0.05) is 0 Å². The summed E-state index contributed by atoms with van der Waals surface area (Å²) in [6.07, 6.45) is 3.02. The summed E-state index contributed by atoms with van der Waals surface area (Å²) in [7, 11) is -2.87. The molecule has 1 aromatic rings. The summed E-state index contributed by atoms with van der Waals surface area (Å²) >= 11 is 0. The molecule has 1 saturated heterocycles. The molecule has 0 spiro atoms. The lowest BCUT2D eigenvalue weighted by Crippen LogP contribution is -2.10. The Morgan fingerprint density at radius 1 is 1.50 bits per heavy atom. The molecule has 2 heterocycles. The highest BCUT2D eigenvalue weighted by molar-refractivity contribution is 7.91. The molecule has 16 heavy (non-hydrogen) atoms. The van der Waals surface area contributed by atoms with Gasteiger partial charge in [0.05, 0.1) is 11.5 Å². The van der Waals surface area contributed by atoms with E-state index in [-0.39, 0.29) is 17.4 Å². The molecule has 6 heteroatoms. The van der Waals surface area contributed by atoms with Crippen LogP contribution in [0.5, 0.6) is 0 Å². The molecular formula is C10H15N3O2S. The van der Waals surface area contributed by atoms with E-state index in [0.717, 1.165) is 5.69 Å². The zero-order chi connectivity index (χ0) is 11.6. The molecule has 2 rings (SSSR count). The molecule has 1 aliphatic rings. The fraction of sp³-hybridized carbons (Fsp3) is 0.600. The average molecular weight is 241 g/mol. The van der Waals surface area contributed by atoms with Crippen LogP contribution < -0.4 is 5.73 Å². The predicted molar refractivity (Wildman–Crippen MR) is 60.8 cm³/mol. The molecule has 1 atom stereocenters. The Morgan fingerprint density at radius 2 is 2.31 bits per heavy atom. The van der Waals surface area contributed by atoms with Crippen molar-refractivity contribution in [1.29, 1.82) is 0 Å². The summed E-state index contributed by atoms with van der Waals surface area (Å²) in [5.74, 6) is 1.04. The third-order valence-electron chi connectivity index (χ3n) is 2.73. The lowest BCUT2D eigenvalue weighted by Gasteiger charge is -2.07. The average Bonchev–Trinajstić information content (AvgIpc) is 2.60. The first kappa shape index (κ1) is 11.5. The van der Waals surface area contributed by atoms with Crippen molar-refractivity contribution < 1.29 is 8.42 Å². The van der Waals surface area contributed by atoms with Crippen molar-refractivity contribution in [2.45, 2.75) is 18.8 Å². The molecule has 1 fully saturated rings. The molecule has 1 unspecified atom stereocenters. The molecule has 0 aromatic carbocycles. The van der Waals surface area contributed by atoms with E-state index in [0.29, 0.717) is 25.2 Å². The largest absolute Gasteiger partial charge is 0.330 e. The Morgan fingerprint density at radius 3 is 2.94 bits per heavy atom. The second kappa shape index (κ2) is 4.47. The zero-order valence-electron chi connectivity index (χ0n) is 8.96. The Balaban J connectivity index is 2.18. The quantitative estimate of drug-likeness (QED) is 0.797. The molecule has 1 aliphatic heterocycles. The van der Waals surface area contributed by atoms with E-state index in [2.05, 4.69) is 9.97 Å². The number of aromatic nitrogens is 2. The maximum Gasteiger partial charge on any atom is 0.151 e. The summed E-state index contributed by atoms with van der Waals surface area (Å²) < 4.78 is 22.7. The van der Waals surface area contributed by atoms with Crippen LogP contribution in [0.25, 0.3) is 0 Å². The van der Waals surface area contributed by atoms with Crippen LogP contribution in [-0.4, -0.2) is 36.4 Å². The summed E-state index contributed by atoms with van der Waals surface area (Å²) in [6, 6.07) is 1.82. The molecular weight excluding hydrogens is 226 g/mol. The highest BCUT2D eigenvalue weighted by Gasteiger charge is 2.30. The van der Waals surface area contributed by atoms with E-state index in [1.807, 2.05) is 6.07 Å². The van der Waals surface area contributed by atoms with Crippen molar-refractivity contribution >= 4 is 9.84 Å². The van der Waals surface area contributed by atoms with Crippen LogP contribution in [0.15, 0.2) is 12.3 Å². The molecule has 5 nitrogen and oxygen atoms in total. The minimum Gasteiger partial charge on any atom is -0.330 e. The first-order valence-electron chi connectivity index (χ1n) is 5.33. The first-order chi connectivity index (χ1) is 7.61. The molecule has 0 aliphatic carbocycles. The summed E-state index contributed by atoms with van der Waals surface area (Å²) in [4.78, 5) is 8.51. The van der Waals surface area contributed by atoms with Crippen LogP contribution in [0, 0.1) is 0 Å². The summed E-state index contributed by atoms with van der Waals surface area (Å²) in [5.41, 5.74) is 6.34. The van der Waals surface area contributed by atoms with Crippen LogP contribution in [0.1, 0.15) is 23.9 Å². The maximum atomic E-state index is 11.3. The maximum absolute atomic E-state index is 11.3. The molecule has 88 valence electrons. The van der Waals surface area contributed by atoms with Crippen LogP contribution in [-0.2, 0) is 16.3 Å². The molecule has 0 bridgehead atoms. The third kappa shape index (κ3) is 2.56. The second-order valence-electron chi connectivity index (χ2n) is 4.04. The van der Waals surface area contributed by atoms with E-state index in [9.17, 15) is 8.42 Å². The van der Waals surface area contributed by atoms with Gasteiger partial charge in [-0.25, -0.2) is 18.4 Å². The molecule has 2 N–H and O–H groups in total. The van der Waals surface area contributed by atoms with Crippen molar-refractivity contribution in [3.05, 3.63) is 23.8 Å². The van der Waals surface area contributed by atoms with Crippen LogP contribution in [0.2, 0.25) is 0 Å². The number of sulfone groups is 1. The van der Waals surface area contributed by atoms with E-state index in [4.69, 9.17) is 5.73 Å². The van der Waals surface area contributed by atoms with Crippen LogP contribution >= 0.6 is 0 Å². The fourth-order valence-corrected chi connectivity index (χ4v) is 3.63. The van der Waals surface area contributed by atoms with Crippen molar-refractivity contribution in [3.63, 3.8) is 0 Å². The minimum atomic E-state index is -2.87. The monoisotopic (exact) mass is 241 g/mol. The predicted octanol–water partition coefficient (Wildman–Crippen LogP) is -0.120. The third-order valence-corrected chi connectivity index (χ3v) is 4.50. The second-order valence-corrected chi connectivity index (χ2v) is 6.27. The molecule has 1 aromatic heterocycles. The highest BCUT2D eigenvalue weighted by Crippen LogP contribution is 2.26. The van der Waals surface area contributed by atoms with Crippen LogP contribution in [0.4, 0.5) is 0 Å². The van der Waals surface area contributed by atoms with Gasteiger partial charge in [0.1, 0.15) is 5.82 Å². The van der Waals surface area contributed by atoms with Gasteiger partial charge >= 0.3 is 0 Å². The summed E-state index contributed by atoms with van der Waals surface area (Å²) in [5, 5.41) is 0. The highest BCUT2D eigenvalue weighted by atomic mass is 32.2. The Labute approximate surface area is 95.0 Å². The number of hydrogen-bond acceptors (Lipinski definition) is 5. The van der Waals surface area contributed by atoms with Gasteiger partial charge < -0.3 is 5.73 Å². The van der Waals surface area contributed by atoms with Gasteiger partial charge in [-0.2, -0.15) is 0 Å². The van der Waals surface area contributed by atoms with Crippen molar-refractivity contribution in [3.8, 4) is 0 Å². The van der Waals surface area contributed by atoms with Crippen LogP contribution in [0.3, 0.4) is 0 Å². The van der Waals surface area contributed by atoms with Gasteiger partial charge in [-0.3, -0.25) is 0 Å². The zero-order valence-corrected chi connectivity index (χ0v) is 9.78. The van der Waals surface area contributed by atoms with Gasteiger partial charge in [0.25, 0.3) is 0 Å². The number of rotatable bonds is 3. The normalized spacial score (nSPS) is 23.4. The molecule has 0 amide bonds. The van der Waals surface area contributed by atoms with E-state index < -0.39 is 9.84 Å². The molecule has 0 saturated carbocycles. The lowest BCUT2D eigenvalue weighted by atomic mass is 10.1. The van der Waals surface area contributed by atoms with E-state index >= 15 is 0 Å². The number of nitrogens with zero attached hydrogens (tertiary/aromatic N) is 2. The van der Waals surface area contributed by atoms with E-state index in [1.54, 1.807) is 6.20 Å². The lowest BCUT2D eigenvalue weighted by molar-refractivity contribution is 0.601. The SMILES string of the molecule is NCCc1ccnc(C2CCS(=O)(=O)C2)n1. The Bertz CT molecular complexity index is 473. The number of hydrogen-bond donors (Lipinski definition) is 1. The summed E-state index contributed by atoms with van der Waals surface area (Å²) in [6.45, 7) is 0.541. The van der Waals surface area contributed by atoms with Crippen molar-refractivity contribution in [2.24, 2.45) is 5.73 Å². The number of nitrogens with two attached hydrogens (primary N) is 1. The van der Waals surface area contributed by atoms with Gasteiger partial charge in [-0.05, 0) is 19.0 Å². The van der Waals surface area contributed by atoms with Gasteiger partial charge in [0, 0.05) is 24.2 Å². The van der Waals surface area contributed by atoms with E-state index in [1.165, 1.54) is 0 Å². The fourth-order valence-electron chi connectivity index (χ4n) is 1.90. The van der Waals surface area contributed by atoms with Crippen molar-refractivity contribution in [1.82, 2.24) is 9.97 Å². The van der Waals surface area contributed by atoms with Gasteiger partial charge in [-0.15, -0.1) is 0 Å². The molecule has 0 radical (unpaired) electrons. The van der Waals surface area contributed by atoms with Gasteiger partial charge in [0.2, 0.25) is 0 Å². The Kier molecular flexibility index (Phi) is 3.20. The first-order valence-corrected chi connectivity index (χ1v) is 7.15. The smallest absolute Gasteiger partial charge is 0.151 e. The van der Waals surface area contributed by atoms with Gasteiger partial charge in [0.15, 0.2) is 9.84 Å².